The third kappa shape index (κ3) is 11.7. The summed E-state index contributed by atoms with van der Waals surface area (Å²) in [4.78, 5) is 0. The van der Waals surface area contributed by atoms with Crippen molar-refractivity contribution in [2.45, 2.75) is 78.1 Å². The van der Waals surface area contributed by atoms with Crippen molar-refractivity contribution < 1.29 is 9.47 Å². The maximum Gasteiger partial charge on any atom is 0.119 e. The van der Waals surface area contributed by atoms with Gasteiger partial charge in [0.1, 0.15) is 18.1 Å². The van der Waals surface area contributed by atoms with Crippen LogP contribution in [0.4, 0.5) is 0 Å². The van der Waals surface area contributed by atoms with E-state index in [-0.39, 0.29) is 0 Å². The van der Waals surface area contributed by atoms with Crippen LogP contribution in [0.15, 0.2) is 60.7 Å². The molecule has 0 saturated carbocycles. The van der Waals surface area contributed by atoms with Crippen molar-refractivity contribution in [2.24, 2.45) is 0 Å². The number of benzene rings is 2. The molecule has 0 aliphatic rings. The van der Waals surface area contributed by atoms with Crippen molar-refractivity contribution >= 4 is 0 Å². The second kappa shape index (κ2) is 17.0. The van der Waals surface area contributed by atoms with Crippen LogP contribution in [-0.4, -0.2) is 13.2 Å². The minimum atomic E-state index is 0.613. The molecular formula is C30H40O2. The zero-order valence-corrected chi connectivity index (χ0v) is 20.1. The van der Waals surface area contributed by atoms with E-state index < -0.39 is 0 Å². The van der Waals surface area contributed by atoms with Gasteiger partial charge in [-0.2, -0.15) is 0 Å². The molecule has 0 atom stereocenters. The summed E-state index contributed by atoms with van der Waals surface area (Å²) in [5, 5.41) is 0. The highest BCUT2D eigenvalue weighted by Gasteiger charge is 1.96. The standard InChI is InChI=1S/C30H40O2/c1-3-5-7-9-10-12-14-26-32-30-23-19-28(20-24-30)16-15-27-17-21-29(22-18-27)31-25-13-11-8-6-4-2/h11,13,17-24H,3-10,12,14,25-26H2,1-2H3. The topological polar surface area (TPSA) is 18.5 Å². The van der Waals surface area contributed by atoms with E-state index in [2.05, 4.69) is 37.8 Å². The molecule has 0 aliphatic carbocycles. The second-order valence-electron chi connectivity index (χ2n) is 8.19. The summed E-state index contributed by atoms with van der Waals surface area (Å²) in [6.45, 7) is 5.87. The Labute approximate surface area is 196 Å². The van der Waals surface area contributed by atoms with E-state index in [0.29, 0.717) is 6.61 Å². The number of allylic oxidation sites excluding steroid dienone is 1. The number of rotatable bonds is 15. The highest BCUT2D eigenvalue weighted by molar-refractivity contribution is 5.45. The van der Waals surface area contributed by atoms with Gasteiger partial charge in [0.15, 0.2) is 0 Å². The maximum absolute atomic E-state index is 5.86. The summed E-state index contributed by atoms with van der Waals surface area (Å²) in [6.07, 6.45) is 17.0. The summed E-state index contributed by atoms with van der Waals surface area (Å²) >= 11 is 0. The van der Waals surface area contributed by atoms with Crippen LogP contribution < -0.4 is 9.47 Å². The first-order valence-corrected chi connectivity index (χ1v) is 12.4. The van der Waals surface area contributed by atoms with Gasteiger partial charge in [-0.15, -0.1) is 0 Å². The van der Waals surface area contributed by atoms with Crippen LogP contribution in [-0.2, 0) is 0 Å². The number of ether oxygens (including phenoxy) is 2. The fourth-order valence-corrected chi connectivity index (χ4v) is 3.31. The molecule has 0 N–H and O–H groups in total. The lowest BCUT2D eigenvalue weighted by molar-refractivity contribution is 0.304. The molecular weight excluding hydrogens is 392 g/mol. The van der Waals surface area contributed by atoms with Gasteiger partial charge in [0, 0.05) is 11.1 Å². The van der Waals surface area contributed by atoms with Crippen LogP contribution in [0, 0.1) is 11.8 Å². The van der Waals surface area contributed by atoms with E-state index in [0.717, 1.165) is 42.1 Å². The lowest BCUT2D eigenvalue weighted by Gasteiger charge is -2.06. The van der Waals surface area contributed by atoms with E-state index >= 15 is 0 Å². The van der Waals surface area contributed by atoms with Crippen molar-refractivity contribution in [3.63, 3.8) is 0 Å². The molecule has 2 aromatic rings. The average Bonchev–Trinajstić information content (AvgIpc) is 2.83. The third-order valence-corrected chi connectivity index (χ3v) is 5.31. The normalized spacial score (nSPS) is 10.7. The number of hydrogen-bond donors (Lipinski definition) is 0. The summed E-state index contributed by atoms with van der Waals surface area (Å²) in [5.41, 5.74) is 1.97. The van der Waals surface area contributed by atoms with Gasteiger partial charge in [0.2, 0.25) is 0 Å². The smallest absolute Gasteiger partial charge is 0.119 e. The average molecular weight is 433 g/mol. The highest BCUT2D eigenvalue weighted by Crippen LogP contribution is 2.14. The van der Waals surface area contributed by atoms with Crippen molar-refractivity contribution in [1.82, 2.24) is 0 Å². The molecule has 172 valence electrons. The Bertz CT molecular complexity index is 807. The molecule has 32 heavy (non-hydrogen) atoms. The Kier molecular flexibility index (Phi) is 13.6. The molecule has 0 aromatic heterocycles. The minimum absolute atomic E-state index is 0.613. The van der Waals surface area contributed by atoms with Gasteiger partial charge in [-0.25, -0.2) is 0 Å². The third-order valence-electron chi connectivity index (χ3n) is 5.31. The second-order valence-corrected chi connectivity index (χ2v) is 8.19. The Balaban J connectivity index is 1.68. The minimum Gasteiger partial charge on any atom is -0.494 e. The maximum atomic E-state index is 5.86. The van der Waals surface area contributed by atoms with Crippen LogP contribution in [0.1, 0.15) is 89.2 Å². The number of unbranched alkanes of at least 4 members (excludes halogenated alkanes) is 8. The van der Waals surface area contributed by atoms with E-state index in [4.69, 9.17) is 9.47 Å². The van der Waals surface area contributed by atoms with Crippen LogP contribution in [0.3, 0.4) is 0 Å². The molecule has 0 heterocycles. The first-order valence-electron chi connectivity index (χ1n) is 12.4. The largest absolute Gasteiger partial charge is 0.494 e. The van der Waals surface area contributed by atoms with Gasteiger partial charge >= 0.3 is 0 Å². The van der Waals surface area contributed by atoms with Gasteiger partial charge < -0.3 is 9.47 Å². The van der Waals surface area contributed by atoms with E-state index in [1.54, 1.807) is 0 Å². The first-order chi connectivity index (χ1) is 15.8. The molecule has 0 radical (unpaired) electrons. The van der Waals surface area contributed by atoms with E-state index in [1.165, 1.54) is 51.4 Å². The highest BCUT2D eigenvalue weighted by atomic mass is 16.5. The predicted molar refractivity (Wildman–Crippen MR) is 137 cm³/mol. The van der Waals surface area contributed by atoms with E-state index in [9.17, 15) is 0 Å². The fourth-order valence-electron chi connectivity index (χ4n) is 3.31. The molecule has 0 bridgehead atoms. The summed E-state index contributed by atoms with van der Waals surface area (Å²) < 4.78 is 11.6. The van der Waals surface area contributed by atoms with Crippen molar-refractivity contribution in [3.05, 3.63) is 71.8 Å². The molecule has 0 aliphatic heterocycles. The lowest BCUT2D eigenvalue weighted by Crippen LogP contribution is -1.97. The lowest BCUT2D eigenvalue weighted by atomic mass is 10.1. The Hall–Kier alpha value is -2.66. The molecule has 0 spiro atoms. The van der Waals surface area contributed by atoms with Gasteiger partial charge in [-0.05, 0) is 61.4 Å². The molecule has 0 fully saturated rings. The van der Waals surface area contributed by atoms with Crippen molar-refractivity contribution in [2.75, 3.05) is 13.2 Å². The summed E-state index contributed by atoms with van der Waals surface area (Å²) in [5.74, 6) is 8.24. The molecule has 2 heteroatoms. The van der Waals surface area contributed by atoms with Crippen LogP contribution in [0.25, 0.3) is 0 Å². The molecule has 2 nitrogen and oxygen atoms in total. The van der Waals surface area contributed by atoms with E-state index in [1.807, 2.05) is 48.5 Å². The quantitative estimate of drug-likeness (QED) is 0.160. The number of hydrogen-bond acceptors (Lipinski definition) is 2. The first kappa shape index (κ1) is 25.6. The van der Waals surface area contributed by atoms with Crippen LogP contribution in [0.5, 0.6) is 11.5 Å². The molecule has 0 amide bonds. The van der Waals surface area contributed by atoms with Gasteiger partial charge in [0.05, 0.1) is 6.61 Å². The van der Waals surface area contributed by atoms with Gasteiger partial charge in [0.25, 0.3) is 0 Å². The molecule has 0 unspecified atom stereocenters. The van der Waals surface area contributed by atoms with Crippen molar-refractivity contribution in [1.29, 1.82) is 0 Å². The Morgan fingerprint density at radius 2 is 1.12 bits per heavy atom. The monoisotopic (exact) mass is 432 g/mol. The Morgan fingerprint density at radius 1 is 0.594 bits per heavy atom. The molecule has 2 rings (SSSR count). The van der Waals surface area contributed by atoms with Crippen LogP contribution >= 0.6 is 0 Å². The fraction of sp³-hybridized carbons (Fsp3) is 0.467. The predicted octanol–water partition coefficient (Wildman–Crippen LogP) is 8.34. The zero-order chi connectivity index (χ0) is 22.7. The Morgan fingerprint density at radius 3 is 1.72 bits per heavy atom. The summed E-state index contributed by atoms with van der Waals surface area (Å²) in [7, 11) is 0. The van der Waals surface area contributed by atoms with Crippen LogP contribution in [0.2, 0.25) is 0 Å². The van der Waals surface area contributed by atoms with Gasteiger partial charge in [-0.1, -0.05) is 89.2 Å². The SMILES string of the molecule is CCCCC=CCOc1ccc(C#Cc2ccc(OCCCCCCCCC)cc2)cc1. The van der Waals surface area contributed by atoms with Gasteiger partial charge in [-0.3, -0.25) is 0 Å². The zero-order valence-electron chi connectivity index (χ0n) is 20.1. The molecule has 2 aromatic carbocycles. The molecule has 0 saturated heterocycles. The summed E-state index contributed by atoms with van der Waals surface area (Å²) in [6, 6.07) is 16.0. The van der Waals surface area contributed by atoms with Crippen molar-refractivity contribution in [3.8, 4) is 23.3 Å².